The van der Waals surface area contributed by atoms with E-state index in [9.17, 15) is 0 Å². The minimum absolute atomic E-state index is 0.110. The second-order valence-corrected chi connectivity index (χ2v) is 3.20. The molecule has 3 nitrogen and oxygen atoms in total. The molecule has 1 saturated heterocycles. The first-order valence-corrected chi connectivity index (χ1v) is 4.06. The maximum Gasteiger partial charge on any atom is 0.453 e. The molecule has 0 saturated carbocycles. The van der Waals surface area contributed by atoms with Crippen LogP contribution < -0.4 is 0 Å². The van der Waals surface area contributed by atoms with Crippen LogP contribution in [0.4, 0.5) is 0 Å². The highest BCUT2D eigenvalue weighted by Crippen LogP contribution is 2.26. The number of rotatable bonds is 2. The quantitative estimate of drug-likeness (QED) is 0.596. The summed E-state index contributed by atoms with van der Waals surface area (Å²) in [6.07, 6.45) is 0.899. The van der Waals surface area contributed by atoms with Gasteiger partial charge >= 0.3 is 7.12 Å². The predicted octanol–water partition coefficient (Wildman–Crippen LogP) is 0.540. The fourth-order valence-corrected chi connectivity index (χ4v) is 1.09. The Hall–Kier alpha value is -0.0551. The van der Waals surface area contributed by atoms with Gasteiger partial charge in [-0.2, -0.15) is 0 Å². The summed E-state index contributed by atoms with van der Waals surface area (Å²) in [5.41, 5.74) is -0.146. The molecule has 1 fully saturated rings. The lowest BCUT2D eigenvalue weighted by molar-refractivity contribution is -0.0312. The molecule has 0 atom stereocenters. The molecule has 0 aromatic carbocycles. The minimum atomic E-state index is -0.146. The van der Waals surface area contributed by atoms with Gasteiger partial charge < -0.3 is 14.4 Å². The molecule has 0 unspecified atom stereocenters. The van der Waals surface area contributed by atoms with E-state index in [0.717, 1.165) is 6.42 Å². The molecule has 1 aliphatic heterocycles. The van der Waals surface area contributed by atoms with Crippen LogP contribution in [0.1, 0.15) is 13.3 Å². The lowest BCUT2D eigenvalue weighted by Crippen LogP contribution is -2.44. The van der Waals surface area contributed by atoms with Crippen LogP contribution in [0, 0.1) is 5.41 Å². The van der Waals surface area contributed by atoms with Gasteiger partial charge in [-0.15, -0.1) is 0 Å². The highest BCUT2D eigenvalue weighted by molar-refractivity contribution is 6.42. The standard InChI is InChI=1S/C7H15BO3/c1-3-7(4-9)5-10-8(2)11-6-7/h9H,3-6H2,1-2H3. The van der Waals surface area contributed by atoms with E-state index in [1.807, 2.05) is 13.7 Å². The summed E-state index contributed by atoms with van der Waals surface area (Å²) in [4.78, 5) is 0. The molecule has 11 heavy (non-hydrogen) atoms. The lowest BCUT2D eigenvalue weighted by Gasteiger charge is -2.36. The van der Waals surface area contributed by atoms with E-state index in [-0.39, 0.29) is 19.1 Å². The predicted molar refractivity (Wildman–Crippen MR) is 43.3 cm³/mol. The van der Waals surface area contributed by atoms with Crippen LogP contribution in [0.15, 0.2) is 0 Å². The summed E-state index contributed by atoms with van der Waals surface area (Å²) >= 11 is 0. The van der Waals surface area contributed by atoms with E-state index in [0.29, 0.717) is 13.2 Å². The lowest BCUT2D eigenvalue weighted by atomic mass is 9.82. The normalized spacial score (nSPS) is 23.7. The van der Waals surface area contributed by atoms with Gasteiger partial charge in [-0.25, -0.2) is 0 Å². The zero-order valence-corrected chi connectivity index (χ0v) is 7.17. The molecule has 0 aromatic heterocycles. The molecular weight excluding hydrogens is 143 g/mol. The van der Waals surface area contributed by atoms with Crippen LogP contribution in [0.5, 0.6) is 0 Å². The SMILES string of the molecule is CCC1(CO)COB(C)OC1. The van der Waals surface area contributed by atoms with E-state index in [2.05, 4.69) is 0 Å². The summed E-state index contributed by atoms with van der Waals surface area (Å²) in [6.45, 7) is 5.29. The van der Waals surface area contributed by atoms with Crippen LogP contribution in [0.2, 0.25) is 6.82 Å². The smallest absolute Gasteiger partial charge is 0.411 e. The third kappa shape index (κ3) is 1.95. The third-order valence-electron chi connectivity index (χ3n) is 2.33. The Labute approximate surface area is 67.8 Å². The summed E-state index contributed by atoms with van der Waals surface area (Å²) in [5, 5.41) is 9.07. The minimum Gasteiger partial charge on any atom is -0.411 e. The van der Waals surface area contributed by atoms with Gasteiger partial charge in [0.25, 0.3) is 0 Å². The molecule has 0 aliphatic carbocycles. The molecule has 0 spiro atoms. The van der Waals surface area contributed by atoms with Gasteiger partial charge in [-0.1, -0.05) is 6.92 Å². The van der Waals surface area contributed by atoms with Crippen molar-refractivity contribution < 1.29 is 14.4 Å². The monoisotopic (exact) mass is 158 g/mol. The van der Waals surface area contributed by atoms with Crippen molar-refractivity contribution >= 4 is 7.12 Å². The van der Waals surface area contributed by atoms with E-state index in [1.165, 1.54) is 0 Å². The summed E-state index contributed by atoms with van der Waals surface area (Å²) < 4.78 is 10.6. The Morgan fingerprint density at radius 3 is 2.36 bits per heavy atom. The van der Waals surface area contributed by atoms with Crippen molar-refractivity contribution in [3.8, 4) is 0 Å². The first-order chi connectivity index (χ1) is 5.22. The van der Waals surface area contributed by atoms with Crippen LogP contribution in [0.3, 0.4) is 0 Å². The third-order valence-corrected chi connectivity index (χ3v) is 2.33. The van der Waals surface area contributed by atoms with Gasteiger partial charge in [0.15, 0.2) is 0 Å². The molecule has 0 bridgehead atoms. The molecular formula is C7H15BO3. The van der Waals surface area contributed by atoms with Crippen LogP contribution in [-0.4, -0.2) is 32.0 Å². The molecule has 1 rings (SSSR count). The van der Waals surface area contributed by atoms with E-state index < -0.39 is 0 Å². The van der Waals surface area contributed by atoms with E-state index >= 15 is 0 Å². The molecule has 0 radical (unpaired) electrons. The molecule has 64 valence electrons. The summed E-state index contributed by atoms with van der Waals surface area (Å²) in [5.74, 6) is 0. The zero-order chi connectivity index (χ0) is 8.32. The number of aliphatic hydroxyl groups excluding tert-OH is 1. The fourth-order valence-electron chi connectivity index (χ4n) is 1.09. The van der Waals surface area contributed by atoms with Crippen molar-refractivity contribution in [2.75, 3.05) is 19.8 Å². The van der Waals surface area contributed by atoms with Crippen LogP contribution in [0.25, 0.3) is 0 Å². The molecule has 1 heterocycles. The van der Waals surface area contributed by atoms with Gasteiger partial charge in [0, 0.05) is 18.6 Å². The molecule has 4 heteroatoms. The highest BCUT2D eigenvalue weighted by Gasteiger charge is 2.34. The molecule has 0 amide bonds. The number of aliphatic hydroxyl groups is 1. The van der Waals surface area contributed by atoms with Crippen molar-refractivity contribution in [1.29, 1.82) is 0 Å². The van der Waals surface area contributed by atoms with Crippen molar-refractivity contribution in [2.45, 2.75) is 20.2 Å². The van der Waals surface area contributed by atoms with Gasteiger partial charge in [-0.3, -0.25) is 0 Å². The van der Waals surface area contributed by atoms with Crippen molar-refractivity contribution in [2.24, 2.45) is 5.41 Å². The Morgan fingerprint density at radius 2 is 2.00 bits per heavy atom. The van der Waals surface area contributed by atoms with Crippen molar-refractivity contribution in [3.63, 3.8) is 0 Å². The van der Waals surface area contributed by atoms with Gasteiger partial charge in [0.05, 0.1) is 6.61 Å². The Morgan fingerprint density at radius 1 is 1.45 bits per heavy atom. The molecule has 1 N–H and O–H groups in total. The largest absolute Gasteiger partial charge is 0.453 e. The molecule has 1 aliphatic rings. The van der Waals surface area contributed by atoms with Gasteiger partial charge in [0.2, 0.25) is 0 Å². The second kappa shape index (κ2) is 3.56. The summed E-state index contributed by atoms with van der Waals surface area (Å²) in [6, 6.07) is 0. The first kappa shape index (κ1) is 9.04. The van der Waals surface area contributed by atoms with Crippen molar-refractivity contribution in [1.82, 2.24) is 0 Å². The van der Waals surface area contributed by atoms with Crippen LogP contribution >= 0.6 is 0 Å². The second-order valence-electron chi connectivity index (χ2n) is 3.20. The van der Waals surface area contributed by atoms with E-state index in [1.54, 1.807) is 0 Å². The fraction of sp³-hybridized carbons (Fsp3) is 1.00. The molecule has 0 aromatic rings. The van der Waals surface area contributed by atoms with Gasteiger partial charge in [-0.05, 0) is 13.2 Å². The Kier molecular flexibility index (Phi) is 2.93. The van der Waals surface area contributed by atoms with E-state index in [4.69, 9.17) is 14.4 Å². The highest BCUT2D eigenvalue weighted by atomic mass is 16.6. The Bertz CT molecular complexity index is 115. The number of hydrogen-bond donors (Lipinski definition) is 1. The Balaban J connectivity index is 2.45. The first-order valence-electron chi connectivity index (χ1n) is 4.06. The van der Waals surface area contributed by atoms with Crippen molar-refractivity contribution in [3.05, 3.63) is 0 Å². The average Bonchev–Trinajstić information content (AvgIpc) is 2.07. The van der Waals surface area contributed by atoms with Crippen LogP contribution in [-0.2, 0) is 9.31 Å². The summed E-state index contributed by atoms with van der Waals surface area (Å²) in [7, 11) is -0.110. The average molecular weight is 158 g/mol. The van der Waals surface area contributed by atoms with Gasteiger partial charge in [0.1, 0.15) is 0 Å². The topological polar surface area (TPSA) is 38.7 Å². The maximum absolute atomic E-state index is 9.07. The maximum atomic E-state index is 9.07. The number of hydrogen-bond acceptors (Lipinski definition) is 3. The zero-order valence-electron chi connectivity index (χ0n) is 7.17.